The molecular formula is C17H20N4O. The van der Waals surface area contributed by atoms with Crippen LogP contribution in [0.25, 0.3) is 0 Å². The van der Waals surface area contributed by atoms with Gasteiger partial charge in [-0.05, 0) is 37.8 Å². The van der Waals surface area contributed by atoms with Gasteiger partial charge in [0.05, 0.1) is 12.7 Å². The van der Waals surface area contributed by atoms with E-state index in [1.165, 1.54) is 18.5 Å². The third kappa shape index (κ3) is 3.03. The Balaban J connectivity index is 1.45. The zero-order chi connectivity index (χ0) is 14.8. The summed E-state index contributed by atoms with van der Waals surface area (Å²) in [7, 11) is 0. The molecule has 1 saturated heterocycles. The lowest BCUT2D eigenvalue weighted by atomic mass is 10.1. The summed E-state index contributed by atoms with van der Waals surface area (Å²) >= 11 is 0. The van der Waals surface area contributed by atoms with Crippen molar-refractivity contribution >= 4 is 5.82 Å². The number of hydrogen-bond donors (Lipinski definition) is 0. The lowest BCUT2D eigenvalue weighted by Crippen LogP contribution is -2.41. The monoisotopic (exact) mass is 296 g/mol. The van der Waals surface area contributed by atoms with Crippen LogP contribution in [0.1, 0.15) is 37.3 Å². The number of pyridine rings is 1. The minimum absolute atomic E-state index is 0.192. The zero-order valence-corrected chi connectivity index (χ0v) is 12.6. The predicted octanol–water partition coefficient (Wildman–Crippen LogP) is 2.80. The molecule has 22 heavy (non-hydrogen) atoms. The summed E-state index contributed by atoms with van der Waals surface area (Å²) in [6, 6.07) is 6.02. The first-order valence-corrected chi connectivity index (χ1v) is 8.02. The molecule has 1 aliphatic heterocycles. The third-order valence-electron chi connectivity index (χ3n) is 4.31. The second kappa shape index (κ2) is 5.91. The van der Waals surface area contributed by atoms with Crippen LogP contribution < -0.4 is 9.64 Å². The molecule has 0 spiro atoms. The average molecular weight is 296 g/mol. The van der Waals surface area contributed by atoms with Crippen molar-refractivity contribution in [3.05, 3.63) is 42.6 Å². The van der Waals surface area contributed by atoms with Crippen LogP contribution >= 0.6 is 0 Å². The fraction of sp³-hybridized carbons (Fsp3) is 0.471. The molecule has 1 unspecified atom stereocenters. The Morgan fingerprint density at radius 1 is 1.18 bits per heavy atom. The van der Waals surface area contributed by atoms with E-state index >= 15 is 0 Å². The minimum Gasteiger partial charge on any atom is -0.487 e. The van der Waals surface area contributed by atoms with Crippen molar-refractivity contribution < 1.29 is 4.74 Å². The van der Waals surface area contributed by atoms with Gasteiger partial charge in [-0.3, -0.25) is 4.98 Å². The second-order valence-corrected chi connectivity index (χ2v) is 6.09. The van der Waals surface area contributed by atoms with Gasteiger partial charge in [-0.2, -0.15) is 0 Å². The first kappa shape index (κ1) is 13.5. The van der Waals surface area contributed by atoms with Crippen LogP contribution in [-0.2, 0) is 0 Å². The first-order chi connectivity index (χ1) is 10.9. The SMILES string of the molecule is c1cncc(OC2CCCN(c3cc(C4CC4)ncn3)C2)c1. The van der Waals surface area contributed by atoms with Gasteiger partial charge in [0.2, 0.25) is 0 Å². The molecular weight excluding hydrogens is 276 g/mol. The summed E-state index contributed by atoms with van der Waals surface area (Å²) in [6.07, 6.45) is 10.2. The van der Waals surface area contributed by atoms with Gasteiger partial charge in [0.25, 0.3) is 0 Å². The predicted molar refractivity (Wildman–Crippen MR) is 84.1 cm³/mol. The van der Waals surface area contributed by atoms with Crippen LogP contribution in [-0.4, -0.2) is 34.1 Å². The van der Waals surface area contributed by atoms with E-state index in [2.05, 4.69) is 25.9 Å². The van der Waals surface area contributed by atoms with Gasteiger partial charge in [-0.15, -0.1) is 0 Å². The fourth-order valence-corrected chi connectivity index (χ4v) is 2.99. The van der Waals surface area contributed by atoms with Crippen LogP contribution in [0.4, 0.5) is 5.82 Å². The lowest BCUT2D eigenvalue weighted by molar-refractivity contribution is 0.178. The molecule has 114 valence electrons. The Morgan fingerprint density at radius 2 is 2.14 bits per heavy atom. The second-order valence-electron chi connectivity index (χ2n) is 6.09. The molecule has 2 aliphatic rings. The van der Waals surface area contributed by atoms with Gasteiger partial charge < -0.3 is 9.64 Å². The Kier molecular flexibility index (Phi) is 3.62. The van der Waals surface area contributed by atoms with E-state index in [0.29, 0.717) is 5.92 Å². The van der Waals surface area contributed by atoms with E-state index in [1.54, 1.807) is 18.7 Å². The van der Waals surface area contributed by atoms with Gasteiger partial charge >= 0.3 is 0 Å². The van der Waals surface area contributed by atoms with Crippen molar-refractivity contribution in [1.29, 1.82) is 0 Å². The zero-order valence-electron chi connectivity index (χ0n) is 12.6. The summed E-state index contributed by atoms with van der Waals surface area (Å²) in [6.45, 7) is 1.91. The van der Waals surface area contributed by atoms with Gasteiger partial charge in [0.1, 0.15) is 24.0 Å². The molecule has 0 aromatic carbocycles. The summed E-state index contributed by atoms with van der Waals surface area (Å²) in [5, 5.41) is 0. The van der Waals surface area contributed by atoms with E-state index in [1.807, 2.05) is 12.1 Å². The van der Waals surface area contributed by atoms with Crippen molar-refractivity contribution in [2.75, 3.05) is 18.0 Å². The minimum atomic E-state index is 0.192. The summed E-state index contributed by atoms with van der Waals surface area (Å²) in [4.78, 5) is 15.3. The molecule has 0 radical (unpaired) electrons. The lowest BCUT2D eigenvalue weighted by Gasteiger charge is -2.33. The number of nitrogens with zero attached hydrogens (tertiary/aromatic N) is 4. The maximum atomic E-state index is 6.05. The Hall–Kier alpha value is -2.17. The number of piperidine rings is 1. The maximum absolute atomic E-state index is 6.05. The molecule has 5 nitrogen and oxygen atoms in total. The molecule has 1 atom stereocenters. The molecule has 4 rings (SSSR count). The number of ether oxygens (including phenoxy) is 1. The smallest absolute Gasteiger partial charge is 0.138 e. The topological polar surface area (TPSA) is 51.1 Å². The van der Waals surface area contributed by atoms with Crippen molar-refractivity contribution in [3.63, 3.8) is 0 Å². The Morgan fingerprint density at radius 3 is 2.95 bits per heavy atom. The van der Waals surface area contributed by atoms with E-state index in [9.17, 15) is 0 Å². The molecule has 1 saturated carbocycles. The quantitative estimate of drug-likeness (QED) is 0.868. The molecule has 0 bridgehead atoms. The van der Waals surface area contributed by atoms with Gasteiger partial charge in [-0.1, -0.05) is 0 Å². The van der Waals surface area contributed by atoms with Crippen LogP contribution in [0, 0.1) is 0 Å². The van der Waals surface area contributed by atoms with Crippen LogP contribution in [0.15, 0.2) is 36.9 Å². The third-order valence-corrected chi connectivity index (χ3v) is 4.31. The number of aromatic nitrogens is 3. The molecule has 1 aliphatic carbocycles. The molecule has 5 heteroatoms. The van der Waals surface area contributed by atoms with Crippen molar-refractivity contribution in [2.24, 2.45) is 0 Å². The fourth-order valence-electron chi connectivity index (χ4n) is 2.99. The average Bonchev–Trinajstić information content (AvgIpc) is 3.41. The van der Waals surface area contributed by atoms with Gasteiger partial charge in [-0.25, -0.2) is 9.97 Å². The Bertz CT molecular complexity index is 630. The molecule has 2 fully saturated rings. The largest absolute Gasteiger partial charge is 0.487 e. The Labute approximate surface area is 130 Å². The molecule has 2 aromatic heterocycles. The maximum Gasteiger partial charge on any atom is 0.138 e. The highest BCUT2D eigenvalue weighted by Crippen LogP contribution is 2.39. The van der Waals surface area contributed by atoms with Crippen LogP contribution in [0.3, 0.4) is 0 Å². The molecule has 0 amide bonds. The summed E-state index contributed by atoms with van der Waals surface area (Å²) < 4.78 is 6.05. The molecule has 0 N–H and O–H groups in total. The first-order valence-electron chi connectivity index (χ1n) is 8.02. The number of anilines is 1. The van der Waals surface area contributed by atoms with Crippen molar-refractivity contribution in [3.8, 4) is 5.75 Å². The van der Waals surface area contributed by atoms with Crippen LogP contribution in [0.5, 0.6) is 5.75 Å². The number of rotatable bonds is 4. The van der Waals surface area contributed by atoms with E-state index < -0.39 is 0 Å². The highest BCUT2D eigenvalue weighted by Gasteiger charge is 2.27. The normalized spacial score (nSPS) is 21.6. The standard InChI is InChI=1S/C17H20N4O/c1-3-14(10-18-7-1)22-15-4-2-8-21(11-15)17-9-16(13-5-6-13)19-12-20-17/h1,3,7,9-10,12-13,15H,2,4-6,8,11H2. The van der Waals surface area contributed by atoms with Crippen molar-refractivity contribution in [2.45, 2.75) is 37.7 Å². The van der Waals surface area contributed by atoms with Gasteiger partial charge in [0.15, 0.2) is 0 Å². The van der Waals surface area contributed by atoms with Crippen LogP contribution in [0.2, 0.25) is 0 Å². The summed E-state index contributed by atoms with van der Waals surface area (Å²) in [5.41, 5.74) is 1.19. The van der Waals surface area contributed by atoms with Gasteiger partial charge in [0, 0.05) is 30.4 Å². The highest BCUT2D eigenvalue weighted by atomic mass is 16.5. The molecule has 3 heterocycles. The van der Waals surface area contributed by atoms with E-state index in [4.69, 9.17) is 4.74 Å². The molecule has 2 aromatic rings. The number of hydrogen-bond acceptors (Lipinski definition) is 5. The summed E-state index contributed by atoms with van der Waals surface area (Å²) in [5.74, 6) is 2.54. The van der Waals surface area contributed by atoms with E-state index in [0.717, 1.165) is 37.5 Å². The van der Waals surface area contributed by atoms with Crippen molar-refractivity contribution in [1.82, 2.24) is 15.0 Å². The highest BCUT2D eigenvalue weighted by molar-refractivity contribution is 5.41. The van der Waals surface area contributed by atoms with E-state index in [-0.39, 0.29) is 6.10 Å².